The monoisotopic (exact) mass is 268 g/mol. The van der Waals surface area contributed by atoms with Gasteiger partial charge in [0, 0.05) is 21.1 Å². The largest absolute Gasteiger partial charge is 0.279 e. The molecule has 0 bridgehead atoms. The molecule has 0 unspecified atom stereocenters. The highest BCUT2D eigenvalue weighted by molar-refractivity contribution is 5.76. The Hall–Kier alpha value is -1.68. The van der Waals surface area contributed by atoms with Crippen LogP contribution in [0.3, 0.4) is 0 Å². The minimum absolute atomic E-state index is 0.596. The summed E-state index contributed by atoms with van der Waals surface area (Å²) in [6.07, 6.45) is 1.03. The van der Waals surface area contributed by atoms with Gasteiger partial charge in [-0.25, -0.2) is 5.01 Å². The van der Waals surface area contributed by atoms with Crippen molar-refractivity contribution in [3.05, 3.63) is 59.2 Å². The molecule has 2 aromatic carbocycles. The maximum atomic E-state index is 5.69. The zero-order chi connectivity index (χ0) is 14.1. The van der Waals surface area contributed by atoms with Crippen LogP contribution in [0.5, 0.6) is 0 Å². The van der Waals surface area contributed by atoms with Crippen LogP contribution in [0.1, 0.15) is 16.7 Å². The second kappa shape index (κ2) is 5.37. The van der Waals surface area contributed by atoms with Gasteiger partial charge in [-0.3, -0.25) is 4.84 Å². The van der Waals surface area contributed by atoms with Gasteiger partial charge in [-0.05, 0) is 34.2 Å². The van der Waals surface area contributed by atoms with Crippen molar-refractivity contribution < 1.29 is 4.84 Å². The van der Waals surface area contributed by atoms with Crippen molar-refractivity contribution in [3.63, 3.8) is 0 Å². The molecule has 0 heterocycles. The third-order valence-electron chi connectivity index (χ3n) is 3.84. The van der Waals surface area contributed by atoms with Crippen LogP contribution in [0.2, 0.25) is 0 Å². The quantitative estimate of drug-likeness (QED) is 0.676. The molecular formula is C17H20N2O. The molecule has 0 aliphatic heterocycles. The summed E-state index contributed by atoms with van der Waals surface area (Å²) in [5, 5.41) is 3.64. The van der Waals surface area contributed by atoms with Crippen molar-refractivity contribution in [1.82, 2.24) is 10.2 Å². The van der Waals surface area contributed by atoms with Crippen molar-refractivity contribution in [2.75, 3.05) is 21.1 Å². The van der Waals surface area contributed by atoms with E-state index in [1.54, 1.807) is 5.17 Å². The summed E-state index contributed by atoms with van der Waals surface area (Å²) in [4.78, 5) is 5.69. The lowest BCUT2D eigenvalue weighted by Gasteiger charge is -2.23. The fourth-order valence-electron chi connectivity index (χ4n) is 2.57. The second-order valence-corrected chi connectivity index (χ2v) is 5.41. The van der Waals surface area contributed by atoms with Crippen LogP contribution in [0.15, 0.2) is 42.5 Å². The lowest BCUT2D eigenvalue weighted by atomic mass is 10.0. The minimum Gasteiger partial charge on any atom is -0.279 e. The molecule has 1 aliphatic rings. The summed E-state index contributed by atoms with van der Waals surface area (Å²) >= 11 is 0. The lowest BCUT2D eigenvalue weighted by molar-refractivity contribution is -0.258. The predicted molar refractivity (Wildman–Crippen MR) is 80.9 cm³/mol. The Labute approximate surface area is 120 Å². The molecule has 0 aromatic heterocycles. The van der Waals surface area contributed by atoms with E-state index < -0.39 is 0 Å². The van der Waals surface area contributed by atoms with Crippen LogP contribution < -0.4 is 0 Å². The van der Waals surface area contributed by atoms with Crippen molar-refractivity contribution in [2.45, 2.75) is 13.0 Å². The number of benzene rings is 2. The van der Waals surface area contributed by atoms with Crippen LogP contribution in [0, 0.1) is 0 Å². The van der Waals surface area contributed by atoms with E-state index >= 15 is 0 Å². The SMILES string of the molecule is CN(C)N(C)OCc1ccc2c(c1)Cc1ccccc1-2. The molecule has 0 spiro atoms. The van der Waals surface area contributed by atoms with E-state index in [1.165, 1.54) is 27.8 Å². The van der Waals surface area contributed by atoms with E-state index in [0.717, 1.165) is 6.42 Å². The van der Waals surface area contributed by atoms with E-state index in [2.05, 4.69) is 42.5 Å². The Balaban J connectivity index is 1.77. The van der Waals surface area contributed by atoms with Crippen LogP contribution in [-0.4, -0.2) is 31.3 Å². The van der Waals surface area contributed by atoms with Gasteiger partial charge in [0.1, 0.15) is 0 Å². The number of hydroxylamine groups is 1. The van der Waals surface area contributed by atoms with Gasteiger partial charge in [0.15, 0.2) is 0 Å². The first-order valence-corrected chi connectivity index (χ1v) is 6.89. The highest BCUT2D eigenvalue weighted by Crippen LogP contribution is 2.36. The van der Waals surface area contributed by atoms with E-state index in [9.17, 15) is 0 Å². The predicted octanol–water partition coefficient (Wildman–Crippen LogP) is 3.10. The summed E-state index contributed by atoms with van der Waals surface area (Å²) in [5.41, 5.74) is 6.78. The highest BCUT2D eigenvalue weighted by atomic mass is 16.7. The summed E-state index contributed by atoms with van der Waals surface area (Å²) in [7, 11) is 5.82. The highest BCUT2D eigenvalue weighted by Gasteiger charge is 2.17. The van der Waals surface area contributed by atoms with Gasteiger partial charge in [-0.1, -0.05) is 42.5 Å². The number of fused-ring (bicyclic) bond motifs is 3. The molecule has 3 rings (SSSR count). The van der Waals surface area contributed by atoms with Gasteiger partial charge in [0.05, 0.1) is 6.61 Å². The zero-order valence-electron chi connectivity index (χ0n) is 12.3. The maximum absolute atomic E-state index is 5.69. The number of hydrazine groups is 1. The first-order valence-electron chi connectivity index (χ1n) is 6.89. The van der Waals surface area contributed by atoms with Gasteiger partial charge < -0.3 is 0 Å². The Bertz CT molecular complexity index is 622. The molecule has 0 N–H and O–H groups in total. The topological polar surface area (TPSA) is 15.7 Å². The average Bonchev–Trinajstić information content (AvgIpc) is 2.82. The third kappa shape index (κ3) is 2.48. The molecule has 20 heavy (non-hydrogen) atoms. The van der Waals surface area contributed by atoms with Crippen LogP contribution in [0.25, 0.3) is 11.1 Å². The smallest absolute Gasteiger partial charge is 0.0952 e. The molecule has 0 amide bonds. The van der Waals surface area contributed by atoms with E-state index in [4.69, 9.17) is 4.84 Å². The number of hydrogen-bond donors (Lipinski definition) is 0. The van der Waals surface area contributed by atoms with Crippen LogP contribution in [-0.2, 0) is 17.9 Å². The molecular weight excluding hydrogens is 248 g/mol. The number of hydrogen-bond acceptors (Lipinski definition) is 3. The summed E-state index contributed by atoms with van der Waals surface area (Å²) in [6, 6.07) is 15.3. The average molecular weight is 268 g/mol. The van der Waals surface area contributed by atoms with Crippen molar-refractivity contribution in [3.8, 4) is 11.1 Å². The van der Waals surface area contributed by atoms with Crippen LogP contribution in [0.4, 0.5) is 0 Å². The summed E-state index contributed by atoms with van der Waals surface area (Å²) < 4.78 is 0. The Morgan fingerprint density at radius 3 is 2.50 bits per heavy atom. The van der Waals surface area contributed by atoms with E-state index in [0.29, 0.717) is 6.61 Å². The second-order valence-electron chi connectivity index (χ2n) is 5.41. The van der Waals surface area contributed by atoms with Gasteiger partial charge in [-0.2, -0.15) is 0 Å². The Morgan fingerprint density at radius 2 is 1.70 bits per heavy atom. The fourth-order valence-corrected chi connectivity index (χ4v) is 2.57. The fraction of sp³-hybridized carbons (Fsp3) is 0.294. The standard InChI is InChI=1S/C17H20N2O/c1-18(2)19(3)20-12-13-8-9-17-15(10-13)11-14-6-4-5-7-16(14)17/h4-10H,11-12H2,1-3H3. The molecule has 104 valence electrons. The molecule has 0 saturated heterocycles. The normalized spacial score (nSPS) is 12.8. The molecule has 3 nitrogen and oxygen atoms in total. The van der Waals surface area contributed by atoms with E-state index in [1.807, 2.05) is 26.2 Å². The first-order chi connectivity index (χ1) is 9.65. The zero-order valence-corrected chi connectivity index (χ0v) is 12.3. The number of nitrogens with zero attached hydrogens (tertiary/aromatic N) is 2. The molecule has 3 heteroatoms. The minimum atomic E-state index is 0.596. The van der Waals surface area contributed by atoms with Crippen molar-refractivity contribution in [2.24, 2.45) is 0 Å². The van der Waals surface area contributed by atoms with Gasteiger partial charge in [-0.15, -0.1) is 5.17 Å². The Morgan fingerprint density at radius 1 is 0.950 bits per heavy atom. The lowest BCUT2D eigenvalue weighted by Crippen LogP contribution is -2.32. The molecule has 0 saturated carbocycles. The van der Waals surface area contributed by atoms with Crippen molar-refractivity contribution >= 4 is 0 Å². The molecule has 0 atom stereocenters. The summed E-state index contributed by atoms with van der Waals surface area (Å²) in [6.45, 7) is 0.596. The Kier molecular flexibility index (Phi) is 3.57. The molecule has 0 radical (unpaired) electrons. The molecule has 2 aromatic rings. The van der Waals surface area contributed by atoms with Crippen molar-refractivity contribution in [1.29, 1.82) is 0 Å². The molecule has 0 fully saturated rings. The molecule has 1 aliphatic carbocycles. The van der Waals surface area contributed by atoms with Gasteiger partial charge in [0.2, 0.25) is 0 Å². The third-order valence-corrected chi connectivity index (χ3v) is 3.84. The van der Waals surface area contributed by atoms with Crippen LogP contribution >= 0.6 is 0 Å². The van der Waals surface area contributed by atoms with Gasteiger partial charge in [0.25, 0.3) is 0 Å². The first kappa shape index (κ1) is 13.3. The van der Waals surface area contributed by atoms with Gasteiger partial charge >= 0.3 is 0 Å². The van der Waals surface area contributed by atoms with E-state index in [-0.39, 0.29) is 0 Å². The maximum Gasteiger partial charge on any atom is 0.0952 e. The summed E-state index contributed by atoms with van der Waals surface area (Å²) in [5.74, 6) is 0. The number of rotatable bonds is 4.